The molecule has 1 N–H and O–H groups in total. The van der Waals surface area contributed by atoms with Crippen molar-refractivity contribution in [1.29, 1.82) is 5.26 Å². The summed E-state index contributed by atoms with van der Waals surface area (Å²) in [6.07, 6.45) is 8.79. The van der Waals surface area contributed by atoms with Crippen molar-refractivity contribution in [2.75, 3.05) is 0 Å². The normalized spacial score (nSPS) is 11.3. The Morgan fingerprint density at radius 1 is 1.35 bits per heavy atom. The molecule has 0 unspecified atom stereocenters. The summed E-state index contributed by atoms with van der Waals surface area (Å²) in [5, 5.41) is 19.5. The van der Waals surface area contributed by atoms with E-state index in [1.54, 1.807) is 24.7 Å². The highest BCUT2D eigenvalue weighted by molar-refractivity contribution is 5.88. The summed E-state index contributed by atoms with van der Waals surface area (Å²) < 4.78 is 1.99. The zero-order valence-electron chi connectivity index (χ0n) is 12.3. The van der Waals surface area contributed by atoms with Crippen molar-refractivity contribution in [3.63, 3.8) is 0 Å². The number of rotatable bonds is 4. The Morgan fingerprint density at radius 2 is 2.17 bits per heavy atom. The van der Waals surface area contributed by atoms with Crippen LogP contribution in [0.25, 0.3) is 17.1 Å². The SMILES string of the molecule is C=C(O)/C(C#N)=C/c1cn(Cc2cccnc2)c2ncccc12. The van der Waals surface area contributed by atoms with Gasteiger partial charge in [0.25, 0.3) is 0 Å². The first kappa shape index (κ1) is 14.5. The van der Waals surface area contributed by atoms with Gasteiger partial charge in [-0.3, -0.25) is 4.98 Å². The van der Waals surface area contributed by atoms with E-state index in [9.17, 15) is 5.11 Å². The topological polar surface area (TPSA) is 74.7 Å². The lowest BCUT2D eigenvalue weighted by atomic mass is 10.1. The number of nitrogens with zero attached hydrogens (tertiary/aromatic N) is 4. The summed E-state index contributed by atoms with van der Waals surface area (Å²) in [7, 11) is 0. The first-order valence-electron chi connectivity index (χ1n) is 7.02. The van der Waals surface area contributed by atoms with Gasteiger partial charge in [-0.05, 0) is 29.8 Å². The molecular formula is C18H14N4O. The number of aromatic nitrogens is 3. The van der Waals surface area contributed by atoms with Crippen LogP contribution >= 0.6 is 0 Å². The molecule has 0 amide bonds. The lowest BCUT2D eigenvalue weighted by Gasteiger charge is -2.03. The first-order valence-corrected chi connectivity index (χ1v) is 7.02. The number of allylic oxidation sites excluding steroid dienone is 1. The van der Waals surface area contributed by atoms with Crippen LogP contribution in [0.3, 0.4) is 0 Å². The van der Waals surface area contributed by atoms with Gasteiger partial charge in [-0.25, -0.2) is 4.98 Å². The molecule has 23 heavy (non-hydrogen) atoms. The third-order valence-corrected chi connectivity index (χ3v) is 3.47. The predicted octanol–water partition coefficient (Wildman–Crippen LogP) is 3.46. The third kappa shape index (κ3) is 2.97. The van der Waals surface area contributed by atoms with E-state index in [4.69, 9.17) is 5.26 Å². The van der Waals surface area contributed by atoms with Gasteiger partial charge < -0.3 is 9.67 Å². The molecule has 3 aromatic rings. The lowest BCUT2D eigenvalue weighted by Crippen LogP contribution is -1.99. The minimum Gasteiger partial charge on any atom is -0.507 e. The van der Waals surface area contributed by atoms with Crippen molar-refractivity contribution >= 4 is 17.1 Å². The predicted molar refractivity (Wildman–Crippen MR) is 88.4 cm³/mol. The molecule has 5 nitrogen and oxygen atoms in total. The number of aliphatic hydroxyl groups excluding tert-OH is 1. The average molecular weight is 302 g/mol. The molecule has 5 heteroatoms. The molecule has 0 fully saturated rings. The summed E-state index contributed by atoms with van der Waals surface area (Å²) in [5.74, 6) is -0.246. The van der Waals surface area contributed by atoms with Gasteiger partial charge >= 0.3 is 0 Å². The second kappa shape index (κ2) is 6.16. The quantitative estimate of drug-likeness (QED) is 0.455. The fourth-order valence-electron chi connectivity index (χ4n) is 2.41. The van der Waals surface area contributed by atoms with Crippen LogP contribution in [0, 0.1) is 11.3 Å². The van der Waals surface area contributed by atoms with Gasteiger partial charge in [-0.2, -0.15) is 5.26 Å². The Labute approximate surface area is 133 Å². The number of hydrogen-bond acceptors (Lipinski definition) is 4. The maximum absolute atomic E-state index is 9.47. The van der Waals surface area contributed by atoms with E-state index in [0.717, 1.165) is 22.2 Å². The highest BCUT2D eigenvalue weighted by atomic mass is 16.3. The van der Waals surface area contributed by atoms with Crippen molar-refractivity contribution in [3.05, 3.63) is 78.1 Å². The minimum absolute atomic E-state index is 0.134. The number of fused-ring (bicyclic) bond motifs is 1. The van der Waals surface area contributed by atoms with Crippen molar-refractivity contribution in [2.24, 2.45) is 0 Å². The third-order valence-electron chi connectivity index (χ3n) is 3.47. The van der Waals surface area contributed by atoms with Gasteiger partial charge in [0.2, 0.25) is 0 Å². The largest absolute Gasteiger partial charge is 0.507 e. The highest BCUT2D eigenvalue weighted by Gasteiger charge is 2.10. The molecule has 112 valence electrons. The molecule has 3 rings (SSSR count). The second-order valence-corrected chi connectivity index (χ2v) is 5.06. The Hall–Kier alpha value is -3.39. The van der Waals surface area contributed by atoms with Crippen LogP contribution in [0.4, 0.5) is 0 Å². The van der Waals surface area contributed by atoms with E-state index in [1.165, 1.54) is 0 Å². The van der Waals surface area contributed by atoms with E-state index in [1.807, 2.05) is 41.1 Å². The summed E-state index contributed by atoms with van der Waals surface area (Å²) >= 11 is 0. The van der Waals surface area contributed by atoms with Crippen LogP contribution in [0.1, 0.15) is 11.1 Å². The Balaban J connectivity index is 2.11. The maximum Gasteiger partial charge on any atom is 0.140 e. The van der Waals surface area contributed by atoms with Gasteiger partial charge in [0.05, 0.1) is 12.1 Å². The van der Waals surface area contributed by atoms with Crippen molar-refractivity contribution in [3.8, 4) is 6.07 Å². The number of aliphatic hydroxyl groups is 1. The molecule has 0 saturated carbocycles. The molecule has 3 aromatic heterocycles. The van der Waals surface area contributed by atoms with Crippen molar-refractivity contribution in [2.45, 2.75) is 6.54 Å². The molecule has 0 aliphatic heterocycles. The monoisotopic (exact) mass is 302 g/mol. The average Bonchev–Trinajstić information content (AvgIpc) is 2.91. The van der Waals surface area contributed by atoms with Crippen LogP contribution in [0.2, 0.25) is 0 Å². The summed E-state index contributed by atoms with van der Waals surface area (Å²) in [4.78, 5) is 8.54. The second-order valence-electron chi connectivity index (χ2n) is 5.06. The van der Waals surface area contributed by atoms with E-state index in [-0.39, 0.29) is 11.3 Å². The fourth-order valence-corrected chi connectivity index (χ4v) is 2.41. The summed E-state index contributed by atoms with van der Waals surface area (Å²) in [5.41, 5.74) is 2.80. The Morgan fingerprint density at radius 3 is 2.87 bits per heavy atom. The molecule has 0 radical (unpaired) electrons. The molecule has 0 aliphatic rings. The molecule has 0 bridgehead atoms. The van der Waals surface area contributed by atoms with E-state index in [2.05, 4.69) is 16.5 Å². The van der Waals surface area contributed by atoms with Crippen LogP contribution in [-0.4, -0.2) is 19.6 Å². The Bertz CT molecular complexity index is 933. The number of pyridine rings is 2. The van der Waals surface area contributed by atoms with Gasteiger partial charge in [0, 0.05) is 35.7 Å². The summed E-state index contributed by atoms with van der Waals surface area (Å²) in [6, 6.07) is 9.60. The number of hydrogen-bond donors (Lipinski definition) is 1. The number of nitriles is 1. The lowest BCUT2D eigenvalue weighted by molar-refractivity contribution is 0.430. The van der Waals surface area contributed by atoms with Crippen LogP contribution in [-0.2, 0) is 6.54 Å². The van der Waals surface area contributed by atoms with Gasteiger partial charge in [0.1, 0.15) is 17.5 Å². The van der Waals surface area contributed by atoms with Gasteiger partial charge in [-0.1, -0.05) is 12.6 Å². The molecule has 0 aromatic carbocycles. The molecule has 0 atom stereocenters. The van der Waals surface area contributed by atoms with Crippen molar-refractivity contribution < 1.29 is 5.11 Å². The van der Waals surface area contributed by atoms with Crippen LogP contribution < -0.4 is 0 Å². The van der Waals surface area contributed by atoms with Crippen LogP contribution in [0.5, 0.6) is 0 Å². The van der Waals surface area contributed by atoms with Gasteiger partial charge in [-0.15, -0.1) is 0 Å². The zero-order valence-corrected chi connectivity index (χ0v) is 12.3. The van der Waals surface area contributed by atoms with Crippen molar-refractivity contribution in [1.82, 2.24) is 14.5 Å². The zero-order chi connectivity index (χ0) is 16.2. The first-order chi connectivity index (χ1) is 11.2. The van der Waals surface area contributed by atoms with E-state index >= 15 is 0 Å². The Kier molecular flexibility index (Phi) is 3.89. The smallest absolute Gasteiger partial charge is 0.140 e. The van der Waals surface area contributed by atoms with E-state index < -0.39 is 0 Å². The standard InChI is InChI=1S/C18H14N4O/c1-13(23)15(9-19)8-16-12-22(11-14-4-2-6-20-10-14)18-17(16)5-3-7-21-18/h2-8,10,12,23H,1,11H2/b15-8+. The highest BCUT2D eigenvalue weighted by Crippen LogP contribution is 2.23. The van der Waals surface area contributed by atoms with E-state index in [0.29, 0.717) is 6.54 Å². The fraction of sp³-hybridized carbons (Fsp3) is 0.0556. The van der Waals surface area contributed by atoms with Gasteiger partial charge in [0.15, 0.2) is 0 Å². The molecule has 0 spiro atoms. The molecule has 3 heterocycles. The minimum atomic E-state index is -0.246. The molecule has 0 saturated heterocycles. The summed E-state index contributed by atoms with van der Waals surface area (Å²) in [6.45, 7) is 4.03. The van der Waals surface area contributed by atoms with Crippen LogP contribution in [0.15, 0.2) is 67.0 Å². The maximum atomic E-state index is 9.47. The molecular weight excluding hydrogens is 288 g/mol. The molecule has 0 aliphatic carbocycles.